The van der Waals surface area contributed by atoms with Crippen LogP contribution in [0.15, 0.2) is 67.1 Å². The number of carbonyl (C=O) groups excluding carboxylic acids is 2. The molecule has 6 bridgehead atoms. The summed E-state index contributed by atoms with van der Waals surface area (Å²) in [5.74, 6) is -4.75. The Balaban J connectivity index is 0.000000440. The highest BCUT2D eigenvalue weighted by atomic mass is 35.5. The number of benzene rings is 2. The Morgan fingerprint density at radius 2 is 1.58 bits per heavy atom. The Bertz CT molecular complexity index is 2140. The number of carboxylic acid groups (broad SMARTS) is 2. The van der Waals surface area contributed by atoms with E-state index in [1.807, 2.05) is 30.5 Å². The standard InChI is InChI=1S/C31H28ClN9O2.2C2HF3O2/c32-25-17-35-30-37-24-11-19(15-34-16-24)5-6-21-13-23(36-29(25)40-30)7-8-27(21)38-28(42)12-20-9-10-41(18-20)31(43)39-26-4-2-1-3-22(26)14-33;2*3-2(4,5)1(6)7/h1-4,7-8,11,13,15-17,20H,5-6,9-10,12,18H2,(H,38,42)(H,39,43)(H2,35,36,37,40);2*(H,6,7)/t20-;;/m1../s1. The second-order valence-electron chi connectivity index (χ2n) is 12.1. The van der Waals surface area contributed by atoms with Crippen LogP contribution in [0.5, 0.6) is 0 Å². The first-order valence-corrected chi connectivity index (χ1v) is 16.8. The summed E-state index contributed by atoms with van der Waals surface area (Å²) in [4.78, 5) is 58.6. The molecule has 57 heavy (non-hydrogen) atoms. The summed E-state index contributed by atoms with van der Waals surface area (Å²) in [5.41, 5.74) is 5.12. The van der Waals surface area contributed by atoms with Gasteiger partial charge in [0, 0.05) is 37.1 Å². The lowest BCUT2D eigenvalue weighted by Gasteiger charge is -2.18. The lowest BCUT2D eigenvalue weighted by molar-refractivity contribution is -0.193. The molecule has 4 aromatic rings. The topological polar surface area (TPSA) is 223 Å². The molecule has 1 atom stereocenters. The van der Waals surface area contributed by atoms with Gasteiger partial charge in [-0.3, -0.25) is 9.78 Å². The number of nitrogens with one attached hydrogen (secondary N) is 4. The van der Waals surface area contributed by atoms with E-state index < -0.39 is 24.3 Å². The van der Waals surface area contributed by atoms with Crippen LogP contribution in [0.4, 0.5) is 65.7 Å². The SMILES string of the molecule is N#Cc1ccccc1NC(=O)N1CC[C@H](CC(=O)Nc2ccc3cc2CCc2cncc(c2)Nc2ncc(Cl)c(n2)N3)C1.O=C(O)C(F)(F)F.O=C(O)C(F)(F)F. The molecule has 3 amide bonds. The van der Waals surface area contributed by atoms with E-state index in [9.17, 15) is 41.2 Å². The molecule has 2 aromatic heterocycles. The van der Waals surface area contributed by atoms with Gasteiger partial charge in [-0.2, -0.15) is 36.6 Å². The fourth-order valence-electron chi connectivity index (χ4n) is 5.28. The van der Waals surface area contributed by atoms with E-state index in [0.29, 0.717) is 54.0 Å². The number of aromatic nitrogens is 3. The molecular formula is C35H30ClF6N9O6. The van der Waals surface area contributed by atoms with E-state index in [1.54, 1.807) is 35.4 Å². The maximum atomic E-state index is 13.2. The number of nitriles is 1. The first kappa shape index (κ1) is 43.0. The quantitative estimate of drug-likeness (QED) is 0.113. The molecule has 0 spiro atoms. The Labute approximate surface area is 323 Å². The normalized spacial score (nSPS) is 14.4. The first-order valence-electron chi connectivity index (χ1n) is 16.4. The van der Waals surface area contributed by atoms with E-state index in [0.717, 1.165) is 34.6 Å². The van der Waals surface area contributed by atoms with Crippen molar-refractivity contribution in [1.29, 1.82) is 5.26 Å². The van der Waals surface area contributed by atoms with Gasteiger partial charge in [-0.15, -0.1) is 0 Å². The highest BCUT2D eigenvalue weighted by molar-refractivity contribution is 6.32. The van der Waals surface area contributed by atoms with Crippen LogP contribution < -0.4 is 21.3 Å². The van der Waals surface area contributed by atoms with E-state index in [-0.39, 0.29) is 24.3 Å². The molecule has 4 heterocycles. The zero-order chi connectivity index (χ0) is 41.9. The summed E-state index contributed by atoms with van der Waals surface area (Å²) in [6.07, 6.45) is -2.74. The molecule has 6 rings (SSSR count). The summed E-state index contributed by atoms with van der Waals surface area (Å²) in [6, 6.07) is 16.4. The highest BCUT2D eigenvalue weighted by Crippen LogP contribution is 2.30. The molecule has 2 aliphatic rings. The lowest BCUT2D eigenvalue weighted by Crippen LogP contribution is -2.33. The Morgan fingerprint density at radius 3 is 2.25 bits per heavy atom. The molecule has 1 fully saturated rings. The van der Waals surface area contributed by atoms with Crippen molar-refractivity contribution in [2.45, 2.75) is 38.0 Å². The molecule has 300 valence electrons. The van der Waals surface area contributed by atoms with Gasteiger partial charge in [-0.05, 0) is 72.7 Å². The summed E-state index contributed by atoms with van der Waals surface area (Å²) >= 11 is 6.37. The van der Waals surface area contributed by atoms with Gasteiger partial charge < -0.3 is 36.4 Å². The minimum Gasteiger partial charge on any atom is -0.475 e. The van der Waals surface area contributed by atoms with Gasteiger partial charge in [-0.25, -0.2) is 19.4 Å². The molecule has 2 aromatic carbocycles. The largest absolute Gasteiger partial charge is 0.490 e. The maximum Gasteiger partial charge on any atom is 0.490 e. The average Bonchev–Trinajstić information content (AvgIpc) is 3.61. The van der Waals surface area contributed by atoms with Gasteiger partial charge in [0.1, 0.15) is 11.1 Å². The molecule has 0 saturated carbocycles. The molecule has 15 nitrogen and oxygen atoms in total. The van der Waals surface area contributed by atoms with Crippen LogP contribution in [-0.4, -0.2) is 79.4 Å². The minimum absolute atomic E-state index is 0.0263. The van der Waals surface area contributed by atoms with Crippen molar-refractivity contribution in [2.75, 3.05) is 34.4 Å². The number of rotatable bonds is 4. The molecular weight excluding hydrogens is 792 g/mol. The Kier molecular flexibility index (Phi) is 14.2. The number of carbonyl (C=O) groups is 4. The summed E-state index contributed by atoms with van der Waals surface area (Å²) < 4.78 is 63.5. The number of aryl methyl sites for hydroxylation is 2. The number of alkyl halides is 6. The first-order chi connectivity index (χ1) is 26.8. The molecule has 0 radical (unpaired) electrons. The third-order valence-electron chi connectivity index (χ3n) is 7.94. The predicted octanol–water partition coefficient (Wildman–Crippen LogP) is 7.13. The van der Waals surface area contributed by atoms with E-state index in [1.165, 1.54) is 6.20 Å². The number of amides is 3. The number of aliphatic carboxylic acids is 2. The van der Waals surface area contributed by atoms with E-state index in [2.05, 4.69) is 42.3 Å². The number of carboxylic acids is 2. The van der Waals surface area contributed by atoms with Crippen LogP contribution in [0.25, 0.3) is 0 Å². The number of urea groups is 1. The van der Waals surface area contributed by atoms with Crippen LogP contribution in [-0.2, 0) is 27.2 Å². The molecule has 0 unspecified atom stereocenters. The molecule has 22 heteroatoms. The highest BCUT2D eigenvalue weighted by Gasteiger charge is 2.39. The van der Waals surface area contributed by atoms with Crippen LogP contribution in [0.3, 0.4) is 0 Å². The summed E-state index contributed by atoms with van der Waals surface area (Å²) in [6.45, 7) is 1.00. The predicted molar refractivity (Wildman–Crippen MR) is 192 cm³/mol. The van der Waals surface area contributed by atoms with Crippen molar-refractivity contribution < 1.29 is 55.7 Å². The number of hydrogen-bond donors (Lipinski definition) is 6. The zero-order valence-corrected chi connectivity index (χ0v) is 29.8. The van der Waals surface area contributed by atoms with Gasteiger partial charge in [0.05, 0.1) is 29.3 Å². The number of fused-ring (bicyclic) bond motifs is 6. The van der Waals surface area contributed by atoms with Crippen molar-refractivity contribution in [3.8, 4) is 6.07 Å². The van der Waals surface area contributed by atoms with Crippen molar-refractivity contribution in [2.24, 2.45) is 5.92 Å². The third-order valence-corrected chi connectivity index (χ3v) is 8.22. The lowest BCUT2D eigenvalue weighted by atomic mass is 10.0. The van der Waals surface area contributed by atoms with Gasteiger partial charge >= 0.3 is 30.3 Å². The Morgan fingerprint density at radius 1 is 0.895 bits per heavy atom. The summed E-state index contributed by atoms with van der Waals surface area (Å²) in [7, 11) is 0. The van der Waals surface area contributed by atoms with Crippen molar-refractivity contribution >= 4 is 70.0 Å². The fourth-order valence-corrected chi connectivity index (χ4v) is 5.42. The second kappa shape index (κ2) is 18.8. The van der Waals surface area contributed by atoms with Gasteiger partial charge in [0.15, 0.2) is 5.82 Å². The number of pyridine rings is 1. The van der Waals surface area contributed by atoms with Crippen LogP contribution >= 0.6 is 11.6 Å². The summed E-state index contributed by atoms with van der Waals surface area (Å²) in [5, 5.41) is 36.3. The van der Waals surface area contributed by atoms with Gasteiger partial charge in [0.2, 0.25) is 11.9 Å². The molecule has 1 saturated heterocycles. The van der Waals surface area contributed by atoms with Crippen LogP contribution in [0.2, 0.25) is 5.02 Å². The number of nitrogens with zero attached hydrogens (tertiary/aromatic N) is 5. The van der Waals surface area contributed by atoms with Crippen LogP contribution in [0, 0.1) is 17.2 Å². The second-order valence-corrected chi connectivity index (χ2v) is 12.5. The molecule has 2 aliphatic heterocycles. The maximum absolute atomic E-state index is 13.2. The Hall–Kier alpha value is -6.69. The fraction of sp³-hybridized carbons (Fsp3) is 0.257. The van der Waals surface area contributed by atoms with Crippen LogP contribution in [0.1, 0.15) is 29.5 Å². The van der Waals surface area contributed by atoms with Crippen molar-refractivity contribution in [3.63, 3.8) is 0 Å². The van der Waals surface area contributed by atoms with Crippen molar-refractivity contribution in [3.05, 3.63) is 88.8 Å². The van der Waals surface area contributed by atoms with E-state index >= 15 is 0 Å². The zero-order valence-electron chi connectivity index (χ0n) is 29.1. The smallest absolute Gasteiger partial charge is 0.475 e. The molecule has 6 N–H and O–H groups in total. The van der Waals surface area contributed by atoms with Crippen molar-refractivity contribution in [1.82, 2.24) is 19.9 Å². The molecule has 0 aliphatic carbocycles. The number of anilines is 6. The monoisotopic (exact) mass is 821 g/mol. The number of likely N-dealkylation sites (tertiary alicyclic amines) is 1. The third kappa shape index (κ3) is 13.0. The van der Waals surface area contributed by atoms with Gasteiger partial charge in [-0.1, -0.05) is 23.7 Å². The number of para-hydroxylation sites is 1. The number of halogens is 7. The number of hydrogen-bond acceptors (Lipinski definition) is 10. The minimum atomic E-state index is -5.08. The van der Waals surface area contributed by atoms with Gasteiger partial charge in [0.25, 0.3) is 0 Å². The average molecular weight is 822 g/mol. The van der Waals surface area contributed by atoms with E-state index in [4.69, 9.17) is 31.4 Å².